The highest BCUT2D eigenvalue weighted by Crippen LogP contribution is 2.25. The molecule has 158 valence electrons. The van der Waals surface area contributed by atoms with Gasteiger partial charge in [-0.2, -0.15) is 4.31 Å². The van der Waals surface area contributed by atoms with Gasteiger partial charge in [0.2, 0.25) is 15.9 Å². The molecule has 29 heavy (non-hydrogen) atoms. The number of para-hydroxylation sites is 2. The van der Waals surface area contributed by atoms with Crippen LogP contribution in [0.25, 0.3) is 0 Å². The molecule has 0 radical (unpaired) electrons. The molecule has 1 N–H and O–H groups in total. The molecule has 0 aliphatic rings. The number of rotatable bonds is 10. The van der Waals surface area contributed by atoms with Crippen molar-refractivity contribution in [3.8, 4) is 17.2 Å². The zero-order chi connectivity index (χ0) is 21.4. The van der Waals surface area contributed by atoms with Crippen molar-refractivity contribution in [1.82, 2.24) is 9.62 Å². The highest BCUT2D eigenvalue weighted by Gasteiger charge is 2.23. The van der Waals surface area contributed by atoms with E-state index in [1.807, 2.05) is 12.1 Å². The Morgan fingerprint density at radius 3 is 2.24 bits per heavy atom. The van der Waals surface area contributed by atoms with E-state index in [4.69, 9.17) is 14.2 Å². The van der Waals surface area contributed by atoms with Gasteiger partial charge in [0.15, 0.2) is 11.5 Å². The molecular formula is C20H26N2O6S. The molecule has 1 atom stereocenters. The highest BCUT2D eigenvalue weighted by molar-refractivity contribution is 7.89. The van der Waals surface area contributed by atoms with Gasteiger partial charge in [-0.25, -0.2) is 8.42 Å². The van der Waals surface area contributed by atoms with Crippen LogP contribution in [0.1, 0.15) is 6.92 Å². The summed E-state index contributed by atoms with van der Waals surface area (Å²) in [5, 5.41) is 2.73. The van der Waals surface area contributed by atoms with Crippen LogP contribution >= 0.6 is 0 Å². The van der Waals surface area contributed by atoms with E-state index in [9.17, 15) is 13.2 Å². The number of methoxy groups -OCH3 is 2. The number of nitrogens with one attached hydrogen (secondary N) is 1. The maximum absolute atomic E-state index is 12.6. The Kier molecular flexibility index (Phi) is 7.86. The lowest BCUT2D eigenvalue weighted by atomic mass is 10.3. The average molecular weight is 423 g/mol. The molecule has 0 fully saturated rings. The second kappa shape index (κ2) is 10.1. The Balaban J connectivity index is 1.89. The standard InChI is InChI=1S/C20H26N2O6S/c1-15(14-28-19-8-6-5-7-18(19)27-4)21-20(23)13-22(2)29(24,25)17-11-9-16(26-3)10-12-17/h5-12,15H,13-14H2,1-4H3,(H,21,23)/t15-/m0/s1. The number of ether oxygens (including phenoxy) is 3. The fraction of sp³-hybridized carbons (Fsp3) is 0.350. The second-order valence-corrected chi connectivity index (χ2v) is 8.41. The zero-order valence-corrected chi connectivity index (χ0v) is 17.7. The number of amides is 1. The van der Waals surface area contributed by atoms with E-state index in [-0.39, 0.29) is 24.1 Å². The molecule has 0 saturated carbocycles. The van der Waals surface area contributed by atoms with Gasteiger partial charge in [-0.15, -0.1) is 0 Å². The number of hydrogen-bond donors (Lipinski definition) is 1. The van der Waals surface area contributed by atoms with Gasteiger partial charge in [0.1, 0.15) is 12.4 Å². The van der Waals surface area contributed by atoms with E-state index in [0.29, 0.717) is 17.2 Å². The van der Waals surface area contributed by atoms with Crippen LogP contribution in [-0.4, -0.2) is 59.1 Å². The molecule has 0 aliphatic carbocycles. The van der Waals surface area contributed by atoms with Crippen LogP contribution in [0.5, 0.6) is 17.2 Å². The van der Waals surface area contributed by atoms with Gasteiger partial charge < -0.3 is 19.5 Å². The van der Waals surface area contributed by atoms with Crippen molar-refractivity contribution >= 4 is 15.9 Å². The van der Waals surface area contributed by atoms with E-state index in [1.54, 1.807) is 38.3 Å². The van der Waals surface area contributed by atoms with E-state index in [2.05, 4.69) is 5.32 Å². The van der Waals surface area contributed by atoms with Crippen molar-refractivity contribution in [3.63, 3.8) is 0 Å². The molecule has 0 heterocycles. The van der Waals surface area contributed by atoms with Crippen molar-refractivity contribution in [2.75, 3.05) is 34.4 Å². The molecule has 0 spiro atoms. The summed E-state index contributed by atoms with van der Waals surface area (Å²) < 4.78 is 42.1. The molecular weight excluding hydrogens is 396 g/mol. The van der Waals surface area contributed by atoms with Gasteiger partial charge in [-0.1, -0.05) is 12.1 Å². The predicted molar refractivity (Wildman–Crippen MR) is 109 cm³/mol. The highest BCUT2D eigenvalue weighted by atomic mass is 32.2. The van der Waals surface area contributed by atoms with Gasteiger partial charge in [-0.3, -0.25) is 4.79 Å². The molecule has 0 unspecified atom stereocenters. The molecule has 8 nitrogen and oxygen atoms in total. The second-order valence-electron chi connectivity index (χ2n) is 6.37. The summed E-state index contributed by atoms with van der Waals surface area (Å²) in [6.07, 6.45) is 0. The van der Waals surface area contributed by atoms with Crippen LogP contribution in [-0.2, 0) is 14.8 Å². The number of hydrogen-bond acceptors (Lipinski definition) is 6. The molecule has 1 amide bonds. The van der Waals surface area contributed by atoms with Gasteiger partial charge in [0, 0.05) is 7.05 Å². The first kappa shape index (κ1) is 22.5. The Labute approximate surface area is 171 Å². The molecule has 0 saturated heterocycles. The lowest BCUT2D eigenvalue weighted by molar-refractivity contribution is -0.121. The van der Waals surface area contributed by atoms with E-state index < -0.39 is 15.9 Å². The third kappa shape index (κ3) is 6.10. The lowest BCUT2D eigenvalue weighted by Gasteiger charge is -2.20. The first-order valence-corrected chi connectivity index (χ1v) is 10.4. The summed E-state index contributed by atoms with van der Waals surface area (Å²) in [4.78, 5) is 12.3. The van der Waals surface area contributed by atoms with Gasteiger partial charge in [0.25, 0.3) is 0 Å². The van der Waals surface area contributed by atoms with E-state index in [0.717, 1.165) is 4.31 Å². The fourth-order valence-electron chi connectivity index (χ4n) is 2.53. The topological polar surface area (TPSA) is 94.2 Å². The molecule has 2 rings (SSSR count). The predicted octanol–water partition coefficient (Wildman–Crippen LogP) is 1.91. The van der Waals surface area contributed by atoms with Crippen LogP contribution in [0, 0.1) is 0 Å². The number of sulfonamides is 1. The van der Waals surface area contributed by atoms with Crippen LogP contribution < -0.4 is 19.5 Å². The Hall–Kier alpha value is -2.78. The minimum atomic E-state index is -3.79. The summed E-state index contributed by atoms with van der Waals surface area (Å²) in [5.74, 6) is 1.28. The Morgan fingerprint density at radius 1 is 1.03 bits per heavy atom. The van der Waals surface area contributed by atoms with Crippen LogP contribution in [0.3, 0.4) is 0 Å². The zero-order valence-electron chi connectivity index (χ0n) is 16.9. The number of likely N-dealkylation sites (N-methyl/N-ethyl adjacent to an activating group) is 1. The van der Waals surface area contributed by atoms with Crippen LogP contribution in [0.15, 0.2) is 53.4 Å². The van der Waals surface area contributed by atoms with Crippen molar-refractivity contribution in [3.05, 3.63) is 48.5 Å². The minimum Gasteiger partial charge on any atom is -0.497 e. The van der Waals surface area contributed by atoms with Crippen molar-refractivity contribution in [1.29, 1.82) is 0 Å². The van der Waals surface area contributed by atoms with Crippen molar-refractivity contribution in [2.24, 2.45) is 0 Å². The number of nitrogens with zero attached hydrogens (tertiary/aromatic N) is 1. The summed E-state index contributed by atoms with van der Waals surface area (Å²) in [6, 6.07) is 12.8. The number of carbonyl (C=O) groups excluding carboxylic acids is 1. The lowest BCUT2D eigenvalue weighted by Crippen LogP contribution is -2.43. The fourth-order valence-corrected chi connectivity index (χ4v) is 3.66. The first-order valence-electron chi connectivity index (χ1n) is 8.93. The van der Waals surface area contributed by atoms with Crippen LogP contribution in [0.4, 0.5) is 0 Å². The van der Waals surface area contributed by atoms with Crippen molar-refractivity contribution in [2.45, 2.75) is 17.9 Å². The first-order chi connectivity index (χ1) is 13.8. The summed E-state index contributed by atoms with van der Waals surface area (Å²) in [7, 11) is 0.613. The van der Waals surface area contributed by atoms with Gasteiger partial charge >= 0.3 is 0 Å². The van der Waals surface area contributed by atoms with Gasteiger partial charge in [-0.05, 0) is 43.3 Å². The SMILES string of the molecule is COc1ccc(S(=O)(=O)N(C)CC(=O)N[C@@H](C)COc2ccccc2OC)cc1. The third-order valence-corrected chi connectivity index (χ3v) is 5.92. The molecule has 0 bridgehead atoms. The average Bonchev–Trinajstić information content (AvgIpc) is 2.72. The molecule has 2 aromatic rings. The maximum Gasteiger partial charge on any atom is 0.243 e. The van der Waals surface area contributed by atoms with Crippen molar-refractivity contribution < 1.29 is 27.4 Å². The maximum atomic E-state index is 12.6. The smallest absolute Gasteiger partial charge is 0.243 e. The summed E-state index contributed by atoms with van der Waals surface area (Å²) in [6.45, 7) is 1.67. The minimum absolute atomic E-state index is 0.0844. The largest absolute Gasteiger partial charge is 0.497 e. The Bertz CT molecular complexity index is 915. The molecule has 0 aliphatic heterocycles. The van der Waals surface area contributed by atoms with E-state index in [1.165, 1.54) is 26.3 Å². The molecule has 0 aromatic heterocycles. The van der Waals surface area contributed by atoms with Crippen LogP contribution in [0.2, 0.25) is 0 Å². The molecule has 9 heteroatoms. The van der Waals surface area contributed by atoms with E-state index >= 15 is 0 Å². The monoisotopic (exact) mass is 422 g/mol. The third-order valence-electron chi connectivity index (χ3n) is 4.10. The summed E-state index contributed by atoms with van der Waals surface area (Å²) in [5.41, 5.74) is 0. The number of carbonyl (C=O) groups is 1. The Morgan fingerprint density at radius 2 is 1.66 bits per heavy atom. The normalized spacial score (nSPS) is 12.3. The van der Waals surface area contributed by atoms with Gasteiger partial charge in [0.05, 0.1) is 31.7 Å². The summed E-state index contributed by atoms with van der Waals surface area (Å²) >= 11 is 0. The molecule has 2 aromatic carbocycles. The number of benzene rings is 2. The quantitative estimate of drug-likeness (QED) is 0.629.